The monoisotopic (exact) mass is 297 g/mol. The van der Waals surface area contributed by atoms with Crippen LogP contribution in [0.1, 0.15) is 57.8 Å². The highest BCUT2D eigenvalue weighted by Gasteiger charge is 2.24. The van der Waals surface area contributed by atoms with Crippen molar-refractivity contribution >= 4 is 11.9 Å². The number of hydrogen-bond acceptors (Lipinski definition) is 3. The fraction of sp³-hybridized carbons (Fsp3) is 0.875. The van der Waals surface area contributed by atoms with Gasteiger partial charge in [0.1, 0.15) is 0 Å². The van der Waals surface area contributed by atoms with Gasteiger partial charge in [0.05, 0.1) is 6.10 Å². The Balaban J connectivity index is 1.69. The predicted molar refractivity (Wildman–Crippen MR) is 79.0 cm³/mol. The van der Waals surface area contributed by atoms with E-state index in [4.69, 9.17) is 9.84 Å². The first kappa shape index (κ1) is 16.3. The number of nitrogens with zero attached hydrogens (tertiary/aromatic N) is 1. The first-order chi connectivity index (χ1) is 10.1. The van der Waals surface area contributed by atoms with Crippen LogP contribution in [0.2, 0.25) is 0 Å². The number of hydrogen-bond donors (Lipinski definition) is 1. The highest BCUT2D eigenvalue weighted by molar-refractivity contribution is 5.76. The molecule has 0 spiro atoms. The smallest absolute Gasteiger partial charge is 0.303 e. The van der Waals surface area contributed by atoms with Crippen LogP contribution < -0.4 is 0 Å². The molecule has 2 atom stereocenters. The quantitative estimate of drug-likeness (QED) is 0.817. The molecule has 2 heterocycles. The second-order valence-electron chi connectivity index (χ2n) is 6.31. The molecule has 0 radical (unpaired) electrons. The molecule has 0 aliphatic carbocycles. The summed E-state index contributed by atoms with van der Waals surface area (Å²) in [7, 11) is 0. The van der Waals surface area contributed by atoms with Crippen molar-refractivity contribution in [2.24, 2.45) is 5.92 Å². The first-order valence-electron chi connectivity index (χ1n) is 8.26. The topological polar surface area (TPSA) is 66.8 Å². The van der Waals surface area contributed by atoms with Crippen LogP contribution in [0.25, 0.3) is 0 Å². The Morgan fingerprint density at radius 2 is 1.95 bits per heavy atom. The van der Waals surface area contributed by atoms with E-state index >= 15 is 0 Å². The van der Waals surface area contributed by atoms with Crippen molar-refractivity contribution in [2.75, 3.05) is 19.7 Å². The Morgan fingerprint density at radius 3 is 2.67 bits per heavy atom. The minimum absolute atomic E-state index is 0.211. The molecule has 2 fully saturated rings. The summed E-state index contributed by atoms with van der Waals surface area (Å²) in [6.45, 7) is 2.39. The van der Waals surface area contributed by atoms with Gasteiger partial charge < -0.3 is 14.7 Å². The lowest BCUT2D eigenvalue weighted by Crippen LogP contribution is -2.40. The zero-order valence-electron chi connectivity index (χ0n) is 12.8. The first-order valence-corrected chi connectivity index (χ1v) is 8.26. The van der Waals surface area contributed by atoms with E-state index in [2.05, 4.69) is 0 Å². The van der Waals surface area contributed by atoms with Crippen LogP contribution in [0.5, 0.6) is 0 Å². The van der Waals surface area contributed by atoms with Gasteiger partial charge in [-0.15, -0.1) is 0 Å². The molecule has 5 heteroatoms. The molecule has 0 bridgehead atoms. The minimum Gasteiger partial charge on any atom is -0.481 e. The zero-order valence-corrected chi connectivity index (χ0v) is 12.8. The van der Waals surface area contributed by atoms with E-state index in [1.54, 1.807) is 0 Å². The van der Waals surface area contributed by atoms with Crippen LogP contribution in [0.3, 0.4) is 0 Å². The van der Waals surface area contributed by atoms with Crippen molar-refractivity contribution in [3.63, 3.8) is 0 Å². The molecule has 2 aliphatic heterocycles. The van der Waals surface area contributed by atoms with E-state index in [1.165, 1.54) is 6.42 Å². The van der Waals surface area contributed by atoms with Crippen molar-refractivity contribution < 1.29 is 19.4 Å². The van der Waals surface area contributed by atoms with Crippen LogP contribution >= 0.6 is 0 Å². The average Bonchev–Trinajstić information content (AvgIpc) is 2.52. The number of carboxylic acids is 1. The molecule has 0 aromatic rings. The minimum atomic E-state index is -0.743. The average molecular weight is 297 g/mol. The van der Waals surface area contributed by atoms with Crippen molar-refractivity contribution in [2.45, 2.75) is 63.9 Å². The molecule has 1 amide bonds. The van der Waals surface area contributed by atoms with E-state index in [9.17, 15) is 9.59 Å². The standard InChI is InChI=1S/C16H27NO4/c18-15(8-7-14-5-1-2-11-21-14)17-10-3-4-13(12-17)6-9-16(19)20/h13-14H,1-12H2,(H,19,20)/t13-,14+/m1/s1. The lowest BCUT2D eigenvalue weighted by atomic mass is 9.93. The van der Waals surface area contributed by atoms with Gasteiger partial charge in [-0.25, -0.2) is 0 Å². The number of likely N-dealkylation sites (tertiary alicyclic amines) is 1. The largest absolute Gasteiger partial charge is 0.481 e. The summed E-state index contributed by atoms with van der Waals surface area (Å²) in [5.74, 6) is -0.179. The Hall–Kier alpha value is -1.10. The number of carbonyl (C=O) groups is 2. The van der Waals surface area contributed by atoms with Crippen LogP contribution in [-0.2, 0) is 14.3 Å². The molecule has 1 N–H and O–H groups in total. The van der Waals surface area contributed by atoms with E-state index in [1.807, 2.05) is 4.90 Å². The lowest BCUT2D eigenvalue weighted by molar-refractivity contribution is -0.137. The van der Waals surface area contributed by atoms with Gasteiger partial charge in [0.25, 0.3) is 0 Å². The van der Waals surface area contributed by atoms with Gasteiger partial charge in [0.2, 0.25) is 5.91 Å². The van der Waals surface area contributed by atoms with Gasteiger partial charge in [-0.3, -0.25) is 9.59 Å². The molecule has 0 aromatic carbocycles. The maximum atomic E-state index is 12.3. The molecule has 2 rings (SSSR count). The van der Waals surface area contributed by atoms with E-state index < -0.39 is 5.97 Å². The normalized spacial score (nSPS) is 26.6. The molecule has 0 aromatic heterocycles. The summed E-state index contributed by atoms with van der Waals surface area (Å²) in [6, 6.07) is 0. The summed E-state index contributed by atoms with van der Waals surface area (Å²) in [5.41, 5.74) is 0. The van der Waals surface area contributed by atoms with Crippen molar-refractivity contribution in [3.8, 4) is 0 Å². The maximum Gasteiger partial charge on any atom is 0.303 e. The zero-order chi connectivity index (χ0) is 15.1. The molecular weight excluding hydrogens is 270 g/mol. The van der Waals surface area contributed by atoms with Gasteiger partial charge in [0, 0.05) is 32.5 Å². The Morgan fingerprint density at radius 1 is 1.10 bits per heavy atom. The summed E-state index contributed by atoms with van der Waals surface area (Å²) in [5, 5.41) is 8.75. The van der Waals surface area contributed by atoms with Gasteiger partial charge in [0.15, 0.2) is 0 Å². The number of rotatable bonds is 6. The highest BCUT2D eigenvalue weighted by atomic mass is 16.5. The third kappa shape index (κ3) is 5.65. The van der Waals surface area contributed by atoms with Gasteiger partial charge in [-0.05, 0) is 50.9 Å². The third-order valence-corrected chi connectivity index (χ3v) is 4.59. The second-order valence-corrected chi connectivity index (χ2v) is 6.31. The predicted octanol–water partition coefficient (Wildman–Crippen LogP) is 2.44. The SMILES string of the molecule is O=C(O)CC[C@H]1CCCN(C(=O)CC[C@@H]2CCCCO2)C1. The summed E-state index contributed by atoms with van der Waals surface area (Å²) >= 11 is 0. The van der Waals surface area contributed by atoms with Crippen molar-refractivity contribution in [1.82, 2.24) is 4.90 Å². The summed E-state index contributed by atoms with van der Waals surface area (Å²) in [6.07, 6.45) is 8.02. The third-order valence-electron chi connectivity index (χ3n) is 4.59. The molecule has 21 heavy (non-hydrogen) atoms. The molecule has 0 unspecified atom stereocenters. The number of carbonyl (C=O) groups excluding carboxylic acids is 1. The van der Waals surface area contributed by atoms with E-state index in [0.29, 0.717) is 18.8 Å². The Bertz CT molecular complexity index is 352. The molecule has 5 nitrogen and oxygen atoms in total. The number of aliphatic carboxylic acids is 1. The molecule has 2 saturated heterocycles. The number of piperidine rings is 1. The summed E-state index contributed by atoms with van der Waals surface area (Å²) < 4.78 is 5.67. The second kappa shape index (κ2) is 8.37. The van der Waals surface area contributed by atoms with Gasteiger partial charge >= 0.3 is 5.97 Å². The van der Waals surface area contributed by atoms with Crippen LogP contribution in [0.4, 0.5) is 0 Å². The molecule has 0 saturated carbocycles. The van der Waals surface area contributed by atoms with Gasteiger partial charge in [-0.1, -0.05) is 0 Å². The van der Waals surface area contributed by atoms with E-state index in [-0.39, 0.29) is 18.4 Å². The highest BCUT2D eigenvalue weighted by Crippen LogP contribution is 2.23. The molecular formula is C16H27NO4. The fourth-order valence-electron chi connectivity index (χ4n) is 3.33. The Kier molecular flexibility index (Phi) is 6.49. The van der Waals surface area contributed by atoms with Gasteiger partial charge in [-0.2, -0.15) is 0 Å². The maximum absolute atomic E-state index is 12.3. The molecule has 120 valence electrons. The molecule has 2 aliphatic rings. The van der Waals surface area contributed by atoms with Crippen molar-refractivity contribution in [1.29, 1.82) is 0 Å². The Labute approximate surface area is 126 Å². The fourth-order valence-corrected chi connectivity index (χ4v) is 3.33. The van der Waals surface area contributed by atoms with Crippen LogP contribution in [-0.4, -0.2) is 47.7 Å². The van der Waals surface area contributed by atoms with Crippen LogP contribution in [0, 0.1) is 5.92 Å². The number of ether oxygens (including phenoxy) is 1. The van der Waals surface area contributed by atoms with Crippen LogP contribution in [0.15, 0.2) is 0 Å². The summed E-state index contributed by atoms with van der Waals surface area (Å²) in [4.78, 5) is 24.8. The number of carboxylic acid groups (broad SMARTS) is 1. The van der Waals surface area contributed by atoms with E-state index in [0.717, 1.165) is 51.8 Å². The number of amides is 1. The van der Waals surface area contributed by atoms with Crippen molar-refractivity contribution in [3.05, 3.63) is 0 Å². The lowest BCUT2D eigenvalue weighted by Gasteiger charge is -2.33.